The Balaban J connectivity index is 1.45. The van der Waals surface area contributed by atoms with E-state index in [1.54, 1.807) is 0 Å². The largest absolute Gasteiger partial charge is 0.586 e. The number of hydrogen-bond donors (Lipinski definition) is 1. The molecule has 11 nitrogen and oxygen atoms in total. The lowest BCUT2D eigenvalue weighted by Crippen LogP contribution is -2.26. The van der Waals surface area contributed by atoms with Gasteiger partial charge in [-0.15, -0.1) is 8.78 Å². The van der Waals surface area contributed by atoms with Gasteiger partial charge in [0.05, 0.1) is 16.8 Å². The topological polar surface area (TPSA) is 129 Å². The predicted molar refractivity (Wildman–Crippen MR) is 127 cm³/mol. The Labute approximate surface area is 230 Å². The SMILES string of the molecule is CN(C(=O)c1cccc(-n2nc(C(F)(F)F)c(Cl)c2COc2cc(C(=O)O)on2)c1)c1ccc2c(c1)OC(F)(F)O2. The van der Waals surface area contributed by atoms with E-state index >= 15 is 0 Å². The van der Waals surface area contributed by atoms with E-state index < -0.39 is 47.4 Å². The molecule has 17 heteroatoms. The summed E-state index contributed by atoms with van der Waals surface area (Å²) in [5, 5.41) is 15.1. The lowest BCUT2D eigenvalue weighted by atomic mass is 10.1. The van der Waals surface area contributed by atoms with E-state index in [9.17, 15) is 31.5 Å². The van der Waals surface area contributed by atoms with Gasteiger partial charge in [-0.05, 0) is 35.5 Å². The van der Waals surface area contributed by atoms with Crippen molar-refractivity contribution in [2.24, 2.45) is 0 Å². The smallest absolute Gasteiger partial charge is 0.475 e. The van der Waals surface area contributed by atoms with Crippen molar-refractivity contribution in [3.63, 3.8) is 0 Å². The lowest BCUT2D eigenvalue weighted by molar-refractivity contribution is -0.286. The molecule has 4 aromatic rings. The highest BCUT2D eigenvalue weighted by Crippen LogP contribution is 2.43. The minimum absolute atomic E-state index is 0.0114. The van der Waals surface area contributed by atoms with Crippen molar-refractivity contribution in [3.05, 3.63) is 76.3 Å². The molecule has 41 heavy (non-hydrogen) atoms. The van der Waals surface area contributed by atoms with Crippen LogP contribution in [0.4, 0.5) is 27.6 Å². The highest BCUT2D eigenvalue weighted by molar-refractivity contribution is 6.32. The zero-order valence-electron chi connectivity index (χ0n) is 20.3. The van der Waals surface area contributed by atoms with Crippen LogP contribution in [0.1, 0.15) is 32.3 Å². The first-order valence-corrected chi connectivity index (χ1v) is 11.6. The second kappa shape index (κ2) is 9.96. The molecule has 0 atom stereocenters. The molecule has 0 aliphatic carbocycles. The van der Waals surface area contributed by atoms with Gasteiger partial charge in [-0.3, -0.25) is 4.79 Å². The Morgan fingerprint density at radius 2 is 1.85 bits per heavy atom. The number of amides is 1. The quantitative estimate of drug-likeness (QED) is 0.277. The number of ether oxygens (including phenoxy) is 3. The maximum absolute atomic E-state index is 13.6. The third-order valence-electron chi connectivity index (χ3n) is 5.66. The van der Waals surface area contributed by atoms with E-state index in [1.165, 1.54) is 43.4 Å². The molecule has 0 saturated heterocycles. The van der Waals surface area contributed by atoms with Crippen molar-refractivity contribution in [3.8, 4) is 23.1 Å². The number of rotatable bonds is 7. The van der Waals surface area contributed by atoms with Gasteiger partial charge in [-0.1, -0.05) is 17.7 Å². The van der Waals surface area contributed by atoms with E-state index in [2.05, 4.69) is 24.3 Å². The van der Waals surface area contributed by atoms with Crippen LogP contribution in [0.5, 0.6) is 17.4 Å². The number of carboxylic acids is 1. The third kappa shape index (κ3) is 5.45. The number of carbonyl (C=O) groups excluding carboxylic acids is 1. The second-order valence-electron chi connectivity index (χ2n) is 8.36. The predicted octanol–water partition coefficient (Wildman–Crippen LogP) is 5.41. The third-order valence-corrected chi connectivity index (χ3v) is 6.05. The van der Waals surface area contributed by atoms with Gasteiger partial charge in [-0.2, -0.15) is 18.3 Å². The van der Waals surface area contributed by atoms with Crippen LogP contribution in [-0.2, 0) is 12.8 Å². The molecule has 0 radical (unpaired) electrons. The lowest BCUT2D eigenvalue weighted by Gasteiger charge is -2.18. The number of carboxylic acid groups (broad SMARTS) is 1. The average Bonchev–Trinajstić information content (AvgIpc) is 3.60. The summed E-state index contributed by atoms with van der Waals surface area (Å²) in [6.45, 7) is -0.645. The van der Waals surface area contributed by atoms with Crippen molar-refractivity contribution >= 4 is 29.2 Å². The number of halogens is 6. The molecule has 1 N–H and O–H groups in total. The van der Waals surface area contributed by atoms with Crippen molar-refractivity contribution in [1.82, 2.24) is 14.9 Å². The monoisotopic (exact) mass is 600 g/mol. The van der Waals surface area contributed by atoms with Crippen LogP contribution in [-0.4, -0.2) is 45.3 Å². The number of nitrogens with zero attached hydrogens (tertiary/aromatic N) is 4. The zero-order valence-corrected chi connectivity index (χ0v) is 21.0. The maximum Gasteiger partial charge on any atom is 0.586 e. The summed E-state index contributed by atoms with van der Waals surface area (Å²) in [4.78, 5) is 25.3. The van der Waals surface area contributed by atoms with Gasteiger partial charge in [0.25, 0.3) is 11.8 Å². The molecule has 0 bridgehead atoms. The molecule has 0 saturated carbocycles. The van der Waals surface area contributed by atoms with Gasteiger partial charge in [0.2, 0.25) is 5.76 Å². The standard InChI is InChI=1S/C24H14ClF5N4O7/c1-33(12-5-6-15-16(8-12)40-24(29,30)39-15)21(35)11-3-2-4-13(7-11)34-14(19(25)20(31-34)23(26,27)28)10-38-18-9-17(22(36)37)41-32-18/h2-9H,10H2,1H3,(H,36,37). The second-order valence-corrected chi connectivity index (χ2v) is 8.73. The molecular formula is C24H14ClF5N4O7. The number of anilines is 1. The first-order chi connectivity index (χ1) is 19.2. The molecule has 2 aromatic carbocycles. The Hall–Kier alpha value is -4.86. The zero-order chi connectivity index (χ0) is 29.7. The number of benzene rings is 2. The van der Waals surface area contributed by atoms with E-state index in [4.69, 9.17) is 21.4 Å². The van der Waals surface area contributed by atoms with Crippen molar-refractivity contribution in [2.75, 3.05) is 11.9 Å². The van der Waals surface area contributed by atoms with Crippen LogP contribution in [0.2, 0.25) is 5.02 Å². The molecule has 214 valence electrons. The molecule has 0 spiro atoms. The first-order valence-electron chi connectivity index (χ1n) is 11.2. The molecule has 0 unspecified atom stereocenters. The fourth-order valence-electron chi connectivity index (χ4n) is 3.75. The van der Waals surface area contributed by atoms with Crippen LogP contribution >= 0.6 is 11.6 Å². The minimum atomic E-state index is -4.95. The molecule has 2 aromatic heterocycles. The highest BCUT2D eigenvalue weighted by Gasteiger charge is 2.43. The molecule has 1 aliphatic rings. The highest BCUT2D eigenvalue weighted by atomic mass is 35.5. The summed E-state index contributed by atoms with van der Waals surface area (Å²) in [6.07, 6.45) is -8.81. The van der Waals surface area contributed by atoms with E-state index in [0.29, 0.717) is 0 Å². The summed E-state index contributed by atoms with van der Waals surface area (Å²) in [6, 6.07) is 9.93. The minimum Gasteiger partial charge on any atom is -0.475 e. The summed E-state index contributed by atoms with van der Waals surface area (Å²) in [5.74, 6) is -3.53. The van der Waals surface area contributed by atoms with E-state index in [0.717, 1.165) is 21.7 Å². The number of hydrogen-bond acceptors (Lipinski definition) is 8. The number of alkyl halides is 5. The van der Waals surface area contributed by atoms with Crippen LogP contribution in [0.25, 0.3) is 5.69 Å². The van der Waals surface area contributed by atoms with Crippen molar-refractivity contribution in [2.45, 2.75) is 19.1 Å². The number of aromatic nitrogens is 3. The number of aromatic carboxylic acids is 1. The number of fused-ring (bicyclic) bond motifs is 1. The Bertz CT molecular complexity index is 1670. The van der Waals surface area contributed by atoms with Gasteiger partial charge in [-0.25, -0.2) is 9.48 Å². The molecule has 1 amide bonds. The Kier molecular flexibility index (Phi) is 6.73. The Morgan fingerprint density at radius 3 is 2.54 bits per heavy atom. The Morgan fingerprint density at radius 1 is 1.12 bits per heavy atom. The molecule has 1 aliphatic heterocycles. The molecule has 3 heterocycles. The van der Waals surface area contributed by atoms with Crippen molar-refractivity contribution < 1.29 is 55.4 Å². The van der Waals surface area contributed by atoms with Gasteiger partial charge in [0.15, 0.2) is 17.2 Å². The van der Waals surface area contributed by atoms with Crippen LogP contribution in [0.3, 0.4) is 0 Å². The van der Waals surface area contributed by atoms with Gasteiger partial charge >= 0.3 is 18.4 Å². The van der Waals surface area contributed by atoms with Crippen LogP contribution < -0.4 is 19.1 Å². The fourth-order valence-corrected chi connectivity index (χ4v) is 4.03. The van der Waals surface area contributed by atoms with Crippen LogP contribution in [0.15, 0.2) is 53.1 Å². The maximum atomic E-state index is 13.6. The molecule has 0 fully saturated rings. The summed E-state index contributed by atoms with van der Waals surface area (Å²) in [5.41, 5.74) is -1.60. The van der Waals surface area contributed by atoms with Gasteiger partial charge in [0, 0.05) is 24.4 Å². The van der Waals surface area contributed by atoms with Gasteiger partial charge in [0.1, 0.15) is 12.3 Å². The summed E-state index contributed by atoms with van der Waals surface area (Å²) >= 11 is 6.01. The fraction of sp³-hybridized carbons (Fsp3) is 0.167. The van der Waals surface area contributed by atoms with Gasteiger partial charge < -0.3 is 28.7 Å². The van der Waals surface area contributed by atoms with Crippen molar-refractivity contribution in [1.29, 1.82) is 0 Å². The summed E-state index contributed by atoms with van der Waals surface area (Å²) in [7, 11) is 1.35. The number of carbonyl (C=O) groups is 2. The normalized spacial score (nSPS) is 13.7. The van der Waals surface area contributed by atoms with Crippen LogP contribution in [0, 0.1) is 0 Å². The van der Waals surface area contributed by atoms with E-state index in [-0.39, 0.29) is 40.0 Å². The molecular weight excluding hydrogens is 587 g/mol. The summed E-state index contributed by atoms with van der Waals surface area (Å²) < 4.78 is 87.0. The van der Waals surface area contributed by atoms with E-state index in [1.807, 2.05) is 0 Å². The first kappa shape index (κ1) is 27.7. The average molecular weight is 601 g/mol. The molecule has 5 rings (SSSR count).